The van der Waals surface area contributed by atoms with Crippen molar-refractivity contribution in [2.75, 3.05) is 26.0 Å². The molecule has 2 aliphatic carbocycles. The summed E-state index contributed by atoms with van der Waals surface area (Å²) in [5.41, 5.74) is 1.40. The first-order valence-corrected chi connectivity index (χ1v) is 14.0. The molecule has 32 heavy (non-hydrogen) atoms. The molecule has 0 radical (unpaired) electrons. The summed E-state index contributed by atoms with van der Waals surface area (Å²) in [7, 11) is -3.36. The Morgan fingerprint density at radius 2 is 1.78 bits per heavy atom. The van der Waals surface area contributed by atoms with Crippen molar-refractivity contribution in [2.24, 2.45) is 5.92 Å². The summed E-state index contributed by atoms with van der Waals surface area (Å²) in [6.07, 6.45) is 9.71. The summed E-state index contributed by atoms with van der Waals surface area (Å²) in [5, 5.41) is 3.06. The second kappa shape index (κ2) is 10.5. The SMILES string of the molecule is CS(=O)(=O)N[C@H]1CCN(C(=O)NCC2CCC2)[C@H]1COC1CCC(c2ccccc2)CC1. The highest BCUT2D eigenvalue weighted by Crippen LogP contribution is 2.34. The Labute approximate surface area is 192 Å². The second-order valence-corrected chi connectivity index (χ2v) is 11.5. The number of likely N-dealkylation sites (tertiary alicyclic amines) is 1. The van der Waals surface area contributed by atoms with E-state index in [2.05, 4.69) is 40.4 Å². The van der Waals surface area contributed by atoms with E-state index in [1.165, 1.54) is 31.1 Å². The highest BCUT2D eigenvalue weighted by molar-refractivity contribution is 7.88. The van der Waals surface area contributed by atoms with Crippen molar-refractivity contribution in [3.8, 4) is 0 Å². The van der Waals surface area contributed by atoms with Crippen LogP contribution in [0.5, 0.6) is 0 Å². The van der Waals surface area contributed by atoms with E-state index in [9.17, 15) is 13.2 Å². The number of rotatable bonds is 8. The molecule has 3 fully saturated rings. The van der Waals surface area contributed by atoms with Crippen molar-refractivity contribution in [3.05, 3.63) is 35.9 Å². The van der Waals surface area contributed by atoms with Gasteiger partial charge in [0.15, 0.2) is 0 Å². The van der Waals surface area contributed by atoms with Gasteiger partial charge in [-0.1, -0.05) is 36.8 Å². The van der Waals surface area contributed by atoms with Gasteiger partial charge in [-0.05, 0) is 62.3 Å². The van der Waals surface area contributed by atoms with Crippen molar-refractivity contribution in [1.29, 1.82) is 0 Å². The van der Waals surface area contributed by atoms with Crippen molar-refractivity contribution < 1.29 is 17.9 Å². The fraction of sp³-hybridized carbons (Fsp3) is 0.708. The van der Waals surface area contributed by atoms with Crippen LogP contribution in [0.1, 0.15) is 62.8 Å². The Bertz CT molecular complexity index is 851. The fourth-order valence-electron chi connectivity index (χ4n) is 5.28. The summed E-state index contributed by atoms with van der Waals surface area (Å²) in [5.74, 6) is 1.16. The molecule has 0 unspecified atom stereocenters. The quantitative estimate of drug-likeness (QED) is 0.620. The van der Waals surface area contributed by atoms with Crippen LogP contribution in [0.2, 0.25) is 0 Å². The van der Waals surface area contributed by atoms with Crippen LogP contribution >= 0.6 is 0 Å². The van der Waals surface area contributed by atoms with E-state index in [0.29, 0.717) is 38.0 Å². The average molecular weight is 464 g/mol. The Balaban J connectivity index is 1.31. The zero-order valence-electron chi connectivity index (χ0n) is 19.0. The van der Waals surface area contributed by atoms with Crippen LogP contribution in [0.4, 0.5) is 4.79 Å². The van der Waals surface area contributed by atoms with Gasteiger partial charge in [-0.2, -0.15) is 0 Å². The normalized spacial score (nSPS) is 29.0. The molecule has 1 aromatic carbocycles. The molecule has 2 N–H and O–H groups in total. The Morgan fingerprint density at radius 1 is 1.06 bits per heavy atom. The zero-order chi connectivity index (χ0) is 22.6. The number of benzene rings is 1. The van der Waals surface area contributed by atoms with E-state index in [0.717, 1.165) is 25.7 Å². The molecular formula is C24H37N3O4S. The number of urea groups is 1. The molecule has 8 heteroatoms. The number of nitrogens with zero attached hydrogens (tertiary/aromatic N) is 1. The van der Waals surface area contributed by atoms with Gasteiger partial charge < -0.3 is 15.0 Å². The Kier molecular flexibility index (Phi) is 7.74. The number of hydrogen-bond donors (Lipinski definition) is 2. The molecule has 3 aliphatic rings. The van der Waals surface area contributed by atoms with Crippen molar-refractivity contribution in [1.82, 2.24) is 14.9 Å². The number of sulfonamides is 1. The predicted molar refractivity (Wildman–Crippen MR) is 125 cm³/mol. The van der Waals surface area contributed by atoms with Crippen molar-refractivity contribution in [2.45, 2.75) is 75.5 Å². The van der Waals surface area contributed by atoms with E-state index < -0.39 is 10.0 Å². The number of hydrogen-bond acceptors (Lipinski definition) is 4. The molecule has 1 heterocycles. The molecule has 2 amide bonds. The Morgan fingerprint density at radius 3 is 2.41 bits per heavy atom. The first-order chi connectivity index (χ1) is 15.4. The number of ether oxygens (including phenoxy) is 1. The first-order valence-electron chi connectivity index (χ1n) is 12.1. The minimum absolute atomic E-state index is 0.101. The highest BCUT2D eigenvalue weighted by atomic mass is 32.2. The predicted octanol–water partition coefficient (Wildman–Crippen LogP) is 3.23. The van der Waals surface area contributed by atoms with Crippen molar-refractivity contribution in [3.63, 3.8) is 0 Å². The van der Waals surface area contributed by atoms with Gasteiger partial charge in [-0.3, -0.25) is 0 Å². The maximum absolute atomic E-state index is 12.8. The van der Waals surface area contributed by atoms with Gasteiger partial charge >= 0.3 is 6.03 Å². The van der Waals surface area contributed by atoms with Crippen LogP contribution in [0.25, 0.3) is 0 Å². The largest absolute Gasteiger partial charge is 0.376 e. The van der Waals surface area contributed by atoms with Gasteiger partial charge in [0.25, 0.3) is 0 Å². The summed E-state index contributed by atoms with van der Waals surface area (Å²) in [6, 6.07) is 9.95. The molecule has 0 spiro atoms. The summed E-state index contributed by atoms with van der Waals surface area (Å²) < 4.78 is 32.8. The minimum Gasteiger partial charge on any atom is -0.376 e. The number of carbonyl (C=O) groups excluding carboxylic acids is 1. The van der Waals surface area contributed by atoms with Gasteiger partial charge in [0.1, 0.15) is 0 Å². The van der Waals surface area contributed by atoms with Crippen LogP contribution in [-0.4, -0.2) is 63.5 Å². The topological polar surface area (TPSA) is 87.7 Å². The molecule has 0 aromatic heterocycles. The van der Waals surface area contributed by atoms with Crippen LogP contribution in [0.3, 0.4) is 0 Å². The minimum atomic E-state index is -3.36. The zero-order valence-corrected chi connectivity index (χ0v) is 19.9. The molecule has 0 bridgehead atoms. The standard InChI is InChI=1S/C24H37N3O4S/c1-32(29,30)26-22-14-15-27(24(28)25-16-18-6-5-7-18)23(22)17-31-21-12-10-20(11-13-21)19-8-3-2-4-9-19/h2-4,8-9,18,20-23,26H,5-7,10-17H2,1H3,(H,25,28)/t20?,21?,22-,23-/m0/s1. The molecule has 4 rings (SSSR count). The highest BCUT2D eigenvalue weighted by Gasteiger charge is 2.39. The number of amides is 2. The molecule has 7 nitrogen and oxygen atoms in total. The van der Waals surface area contributed by atoms with E-state index in [1.807, 2.05) is 0 Å². The summed E-state index contributed by atoms with van der Waals surface area (Å²) in [4.78, 5) is 14.6. The third-order valence-electron chi connectivity index (χ3n) is 7.39. The molecule has 2 atom stereocenters. The number of nitrogens with one attached hydrogen (secondary N) is 2. The van der Waals surface area contributed by atoms with E-state index in [4.69, 9.17) is 4.74 Å². The fourth-order valence-corrected chi connectivity index (χ4v) is 6.10. The Hall–Kier alpha value is -1.64. The van der Waals surface area contributed by atoms with Gasteiger partial charge in [-0.25, -0.2) is 17.9 Å². The second-order valence-electron chi connectivity index (χ2n) is 9.75. The van der Waals surface area contributed by atoms with Crippen molar-refractivity contribution >= 4 is 16.1 Å². The summed E-state index contributed by atoms with van der Waals surface area (Å²) >= 11 is 0. The van der Waals surface area contributed by atoms with Gasteiger partial charge in [0, 0.05) is 19.1 Å². The summed E-state index contributed by atoms with van der Waals surface area (Å²) in [6.45, 7) is 1.61. The molecular weight excluding hydrogens is 426 g/mol. The van der Waals surface area contributed by atoms with E-state index in [1.54, 1.807) is 4.90 Å². The van der Waals surface area contributed by atoms with Crippen LogP contribution in [-0.2, 0) is 14.8 Å². The smallest absolute Gasteiger partial charge is 0.317 e. The lowest BCUT2D eigenvalue weighted by molar-refractivity contribution is -0.000733. The monoisotopic (exact) mass is 463 g/mol. The lowest BCUT2D eigenvalue weighted by Gasteiger charge is -2.33. The van der Waals surface area contributed by atoms with E-state index in [-0.39, 0.29) is 24.2 Å². The maximum atomic E-state index is 12.8. The lowest BCUT2D eigenvalue weighted by Crippen LogP contribution is -2.52. The van der Waals surface area contributed by atoms with E-state index >= 15 is 0 Å². The van der Waals surface area contributed by atoms with Gasteiger partial charge in [0.05, 0.1) is 25.0 Å². The van der Waals surface area contributed by atoms with Gasteiger partial charge in [0.2, 0.25) is 10.0 Å². The van der Waals surface area contributed by atoms with Crippen LogP contribution in [0.15, 0.2) is 30.3 Å². The number of carbonyl (C=O) groups is 1. The van der Waals surface area contributed by atoms with Gasteiger partial charge in [-0.15, -0.1) is 0 Å². The van der Waals surface area contributed by atoms with Crippen LogP contribution < -0.4 is 10.0 Å². The molecule has 2 saturated carbocycles. The third-order valence-corrected chi connectivity index (χ3v) is 8.12. The average Bonchev–Trinajstić information content (AvgIpc) is 3.13. The lowest BCUT2D eigenvalue weighted by atomic mass is 9.83. The van der Waals surface area contributed by atoms with Crippen LogP contribution in [0, 0.1) is 5.92 Å². The maximum Gasteiger partial charge on any atom is 0.317 e. The molecule has 1 aromatic rings. The third kappa shape index (κ3) is 6.23. The molecule has 178 valence electrons. The first kappa shape index (κ1) is 23.5. The molecule has 1 saturated heterocycles. The molecule has 1 aliphatic heterocycles.